The Kier molecular flexibility index (Phi) is 3.75. The molecule has 21 heavy (non-hydrogen) atoms. The van der Waals surface area contributed by atoms with Crippen molar-refractivity contribution in [2.24, 2.45) is 5.73 Å². The molecular formula is C16H14FN3O. The highest BCUT2D eigenvalue weighted by atomic mass is 19.1. The van der Waals surface area contributed by atoms with Crippen molar-refractivity contribution in [1.29, 1.82) is 0 Å². The quantitative estimate of drug-likeness (QED) is 0.799. The van der Waals surface area contributed by atoms with Crippen LogP contribution in [0, 0.1) is 5.82 Å². The lowest BCUT2D eigenvalue weighted by Crippen LogP contribution is -1.95. The number of halogens is 1. The summed E-state index contributed by atoms with van der Waals surface area (Å²) in [7, 11) is 0. The van der Waals surface area contributed by atoms with E-state index in [1.54, 1.807) is 18.2 Å². The van der Waals surface area contributed by atoms with Gasteiger partial charge in [0.2, 0.25) is 0 Å². The van der Waals surface area contributed by atoms with Crippen LogP contribution in [-0.2, 0) is 13.0 Å². The third-order valence-corrected chi connectivity index (χ3v) is 3.21. The van der Waals surface area contributed by atoms with Gasteiger partial charge in [0.15, 0.2) is 5.82 Å². The second-order valence-electron chi connectivity index (χ2n) is 4.68. The minimum atomic E-state index is -0.267. The van der Waals surface area contributed by atoms with E-state index in [0.717, 1.165) is 11.1 Å². The fraction of sp³-hybridized carbons (Fsp3) is 0.125. The van der Waals surface area contributed by atoms with Crippen molar-refractivity contribution in [3.8, 4) is 11.5 Å². The molecule has 106 valence electrons. The number of nitrogens with two attached hydrogens (primary N) is 1. The largest absolute Gasteiger partial charge is 0.334 e. The van der Waals surface area contributed by atoms with E-state index in [9.17, 15) is 4.39 Å². The molecule has 5 heteroatoms. The van der Waals surface area contributed by atoms with Crippen LogP contribution >= 0.6 is 0 Å². The first-order valence-electron chi connectivity index (χ1n) is 6.61. The highest BCUT2D eigenvalue weighted by molar-refractivity contribution is 5.53. The maximum Gasteiger partial charge on any atom is 0.257 e. The summed E-state index contributed by atoms with van der Waals surface area (Å²) in [6.45, 7) is 0.489. The number of benzene rings is 2. The molecule has 0 radical (unpaired) electrons. The average Bonchev–Trinajstić information content (AvgIpc) is 2.98. The van der Waals surface area contributed by atoms with Crippen LogP contribution in [0.2, 0.25) is 0 Å². The average molecular weight is 283 g/mol. The van der Waals surface area contributed by atoms with Gasteiger partial charge in [0.25, 0.3) is 5.89 Å². The van der Waals surface area contributed by atoms with Crippen LogP contribution in [0.3, 0.4) is 0 Å². The highest BCUT2D eigenvalue weighted by Gasteiger charge is 2.11. The summed E-state index contributed by atoms with van der Waals surface area (Å²) in [6, 6.07) is 14.1. The zero-order valence-electron chi connectivity index (χ0n) is 11.3. The summed E-state index contributed by atoms with van der Waals surface area (Å²) in [4.78, 5) is 4.30. The summed E-state index contributed by atoms with van der Waals surface area (Å²) in [5, 5.41) is 3.89. The van der Waals surface area contributed by atoms with Gasteiger partial charge in [0.1, 0.15) is 5.82 Å². The van der Waals surface area contributed by atoms with Gasteiger partial charge in [-0.2, -0.15) is 4.98 Å². The van der Waals surface area contributed by atoms with Crippen LogP contribution in [0.25, 0.3) is 11.5 Å². The summed E-state index contributed by atoms with van der Waals surface area (Å²) < 4.78 is 18.8. The van der Waals surface area contributed by atoms with Gasteiger partial charge in [-0.1, -0.05) is 35.5 Å². The molecule has 0 aliphatic rings. The lowest BCUT2D eigenvalue weighted by Gasteiger charge is -1.98. The molecular weight excluding hydrogens is 269 g/mol. The van der Waals surface area contributed by atoms with E-state index in [4.69, 9.17) is 10.3 Å². The Morgan fingerprint density at radius 2 is 1.81 bits per heavy atom. The zero-order valence-corrected chi connectivity index (χ0v) is 11.3. The van der Waals surface area contributed by atoms with Crippen molar-refractivity contribution in [3.05, 3.63) is 71.3 Å². The molecule has 0 amide bonds. The Morgan fingerprint density at radius 3 is 2.52 bits per heavy atom. The molecule has 2 N–H and O–H groups in total. The van der Waals surface area contributed by atoms with Crippen molar-refractivity contribution >= 4 is 0 Å². The van der Waals surface area contributed by atoms with Crippen molar-refractivity contribution in [1.82, 2.24) is 10.1 Å². The smallest absolute Gasteiger partial charge is 0.257 e. The van der Waals surface area contributed by atoms with Gasteiger partial charge in [-0.3, -0.25) is 0 Å². The van der Waals surface area contributed by atoms with Gasteiger partial charge >= 0.3 is 0 Å². The number of aromatic nitrogens is 2. The Hall–Kier alpha value is -2.53. The van der Waals surface area contributed by atoms with Crippen LogP contribution in [0.4, 0.5) is 4.39 Å². The third-order valence-electron chi connectivity index (χ3n) is 3.21. The van der Waals surface area contributed by atoms with Gasteiger partial charge in [0, 0.05) is 18.5 Å². The molecule has 4 nitrogen and oxygen atoms in total. The van der Waals surface area contributed by atoms with E-state index in [-0.39, 0.29) is 5.82 Å². The molecule has 0 fully saturated rings. The van der Waals surface area contributed by atoms with Crippen LogP contribution in [0.5, 0.6) is 0 Å². The van der Waals surface area contributed by atoms with E-state index in [1.165, 1.54) is 6.07 Å². The lowest BCUT2D eigenvalue weighted by molar-refractivity contribution is 0.423. The fourth-order valence-electron chi connectivity index (χ4n) is 2.04. The summed E-state index contributed by atoms with van der Waals surface area (Å²) in [6.07, 6.45) is 0.303. The van der Waals surface area contributed by atoms with E-state index < -0.39 is 0 Å². The first kappa shape index (κ1) is 13.5. The van der Waals surface area contributed by atoms with Crippen LogP contribution in [0.15, 0.2) is 53.1 Å². The Labute approximate surface area is 121 Å². The molecule has 0 spiro atoms. The van der Waals surface area contributed by atoms with E-state index >= 15 is 0 Å². The highest BCUT2D eigenvalue weighted by Crippen LogP contribution is 2.19. The zero-order chi connectivity index (χ0) is 14.7. The molecule has 0 saturated heterocycles. The van der Waals surface area contributed by atoms with Gasteiger partial charge in [-0.25, -0.2) is 4.39 Å². The third kappa shape index (κ3) is 2.98. The second kappa shape index (κ2) is 5.85. The van der Waals surface area contributed by atoms with Gasteiger partial charge in [0.05, 0.1) is 0 Å². The monoisotopic (exact) mass is 283 g/mol. The van der Waals surface area contributed by atoms with E-state index in [2.05, 4.69) is 10.1 Å². The Bertz CT molecular complexity index is 737. The molecule has 0 aliphatic heterocycles. The van der Waals surface area contributed by atoms with E-state index in [0.29, 0.717) is 30.2 Å². The molecule has 0 unspecified atom stereocenters. The first-order valence-corrected chi connectivity index (χ1v) is 6.61. The topological polar surface area (TPSA) is 64.9 Å². The predicted molar refractivity (Wildman–Crippen MR) is 76.8 cm³/mol. The van der Waals surface area contributed by atoms with Crippen molar-refractivity contribution in [2.45, 2.75) is 13.0 Å². The normalized spacial score (nSPS) is 10.8. The molecule has 2 aromatic carbocycles. The van der Waals surface area contributed by atoms with Crippen LogP contribution in [-0.4, -0.2) is 10.1 Å². The van der Waals surface area contributed by atoms with Crippen LogP contribution < -0.4 is 5.73 Å². The van der Waals surface area contributed by atoms with Crippen molar-refractivity contribution < 1.29 is 8.91 Å². The van der Waals surface area contributed by atoms with Gasteiger partial charge < -0.3 is 10.3 Å². The maximum atomic E-state index is 13.6. The molecule has 0 atom stereocenters. The fourth-order valence-corrected chi connectivity index (χ4v) is 2.04. The number of nitrogens with zero attached hydrogens (tertiary/aromatic N) is 2. The Morgan fingerprint density at radius 1 is 1.05 bits per heavy atom. The molecule has 0 bridgehead atoms. The molecule has 0 saturated carbocycles. The first-order chi connectivity index (χ1) is 10.3. The minimum absolute atomic E-state index is 0.267. The van der Waals surface area contributed by atoms with Crippen molar-refractivity contribution in [3.63, 3.8) is 0 Å². The predicted octanol–water partition coefficient (Wildman–Crippen LogP) is 2.93. The summed E-state index contributed by atoms with van der Waals surface area (Å²) >= 11 is 0. The lowest BCUT2D eigenvalue weighted by atomic mass is 10.1. The molecule has 1 aromatic heterocycles. The molecule has 1 heterocycles. The number of hydrogen-bond donors (Lipinski definition) is 1. The minimum Gasteiger partial charge on any atom is -0.334 e. The summed E-state index contributed by atoms with van der Waals surface area (Å²) in [5.74, 6) is 0.610. The van der Waals surface area contributed by atoms with E-state index in [1.807, 2.05) is 24.3 Å². The number of hydrogen-bond acceptors (Lipinski definition) is 4. The Balaban J connectivity index is 1.81. The summed E-state index contributed by atoms with van der Waals surface area (Å²) in [5.41, 5.74) is 7.95. The maximum absolute atomic E-state index is 13.6. The van der Waals surface area contributed by atoms with Crippen molar-refractivity contribution in [2.75, 3.05) is 0 Å². The van der Waals surface area contributed by atoms with Gasteiger partial charge in [-0.05, 0) is 29.3 Å². The molecule has 3 rings (SSSR count). The molecule has 0 aliphatic carbocycles. The standard InChI is InChI=1S/C16H14FN3O/c17-14-4-2-1-3-13(14)9-15-19-16(21-20-15)12-7-5-11(10-18)6-8-12/h1-8H,9-10,18H2. The SMILES string of the molecule is NCc1ccc(-c2nc(Cc3ccccc3F)no2)cc1. The molecule has 3 aromatic rings. The second-order valence-corrected chi connectivity index (χ2v) is 4.68. The number of rotatable bonds is 4. The van der Waals surface area contributed by atoms with Gasteiger partial charge in [-0.15, -0.1) is 0 Å². The van der Waals surface area contributed by atoms with Crippen LogP contribution in [0.1, 0.15) is 17.0 Å².